The van der Waals surface area contributed by atoms with Crippen molar-refractivity contribution in [1.82, 2.24) is 0 Å². The van der Waals surface area contributed by atoms with E-state index in [1.54, 1.807) is 0 Å². The van der Waals surface area contributed by atoms with E-state index in [0.717, 1.165) is 48.6 Å². The molecule has 12 nitrogen and oxygen atoms in total. The average Bonchev–Trinajstić information content (AvgIpc) is 2.87. The van der Waals surface area contributed by atoms with Crippen LogP contribution in [0.5, 0.6) is 34.5 Å². The minimum absolute atomic E-state index is 0. The van der Waals surface area contributed by atoms with Crippen LogP contribution >= 0.6 is 0 Å². The minimum Gasteiger partial charge on any atom is -0.504 e. The number of hydrogen-bond acceptors (Lipinski definition) is 10. The lowest BCUT2D eigenvalue weighted by Gasteiger charge is -2.14. The van der Waals surface area contributed by atoms with Crippen molar-refractivity contribution in [1.29, 1.82) is 0 Å². The molecule has 212 valence electrons. The zero-order valence-electron chi connectivity index (χ0n) is 19.8. The number of ether oxygens (including phenoxy) is 1. The molecule has 0 amide bonds. The Kier molecular flexibility index (Phi) is 9.73. The van der Waals surface area contributed by atoms with Crippen LogP contribution in [0.15, 0.2) is 54.6 Å². The summed E-state index contributed by atoms with van der Waals surface area (Å²) in [5, 5.41) is 77.8. The van der Waals surface area contributed by atoms with E-state index in [-0.39, 0.29) is 32.0 Å². The summed E-state index contributed by atoms with van der Waals surface area (Å²) < 4.78 is 4.97. The Bertz CT molecular complexity index is 1510. The van der Waals surface area contributed by atoms with E-state index in [4.69, 9.17) is 4.74 Å². The molecule has 0 aromatic heterocycles. The van der Waals surface area contributed by atoms with Crippen molar-refractivity contribution in [3.8, 4) is 34.5 Å². The van der Waals surface area contributed by atoms with Gasteiger partial charge in [-0.15, -0.1) is 0 Å². The summed E-state index contributed by atoms with van der Waals surface area (Å²) in [5.41, 5.74) is -0.680. The van der Waals surface area contributed by atoms with Crippen molar-refractivity contribution in [3.05, 3.63) is 76.9 Å². The molecule has 1 unspecified atom stereocenters. The van der Waals surface area contributed by atoms with Gasteiger partial charge in [0.05, 0.1) is 5.57 Å². The Morgan fingerprint density at radius 2 is 1.40 bits per heavy atom. The lowest BCUT2D eigenvalue weighted by Crippen LogP contribution is -2.28. The number of hydrogen-bond donors (Lipinski definition) is 8. The topological polar surface area (TPSA) is 222 Å². The van der Waals surface area contributed by atoms with Gasteiger partial charge in [-0.1, -0.05) is 25.6 Å². The molecule has 0 aliphatic heterocycles. The summed E-state index contributed by atoms with van der Waals surface area (Å²) in [6, 6.07) is 9.24. The van der Waals surface area contributed by atoms with Crippen LogP contribution in [0.3, 0.4) is 0 Å². The van der Waals surface area contributed by atoms with Crippen LogP contribution in [0.2, 0.25) is 0 Å². The molecule has 0 aliphatic rings. The summed E-state index contributed by atoms with van der Waals surface area (Å²) in [5.74, 6) is -7.60. The Morgan fingerprint density at radius 3 is 1.98 bits per heavy atom. The zero-order valence-corrected chi connectivity index (χ0v) is 19.8. The van der Waals surface area contributed by atoms with Crippen molar-refractivity contribution in [2.45, 2.75) is 20.0 Å². The highest BCUT2D eigenvalue weighted by Crippen LogP contribution is 2.38. The summed E-state index contributed by atoms with van der Waals surface area (Å²) >= 11 is 0. The second-order valence-electron chi connectivity index (χ2n) is 8.13. The third-order valence-electron chi connectivity index (χ3n) is 5.39. The molecule has 3 aromatic rings. The molecule has 0 saturated heterocycles. The number of carbonyl (C=O) groups is 3. The number of carboxylic acid groups (broad SMARTS) is 2. The Morgan fingerprint density at radius 1 is 0.800 bits per heavy atom. The number of carboxylic acids is 2. The summed E-state index contributed by atoms with van der Waals surface area (Å²) in [6.45, 7) is 0. The van der Waals surface area contributed by atoms with Crippen molar-refractivity contribution in [3.63, 3.8) is 0 Å². The average molecular weight is 557 g/mol. The van der Waals surface area contributed by atoms with E-state index in [2.05, 4.69) is 0 Å². The molecule has 40 heavy (non-hydrogen) atoms. The predicted molar refractivity (Wildman–Crippen MR) is 144 cm³/mol. The maximum Gasteiger partial charge on any atom is 0.345 e. The summed E-state index contributed by atoms with van der Waals surface area (Å²) in [6.07, 6.45) is 0.826. The highest BCUT2D eigenvalue weighted by molar-refractivity contribution is 6.22. The SMILES string of the molecule is C.O=C(/C=C/c1ccc(O)c(O)c1/C(=C\c1ccc(O)c(O)c1)C(=O)O)OC(Cc1ccc(O)c(O)c1)C(=O)O.[HH]. The van der Waals surface area contributed by atoms with Gasteiger partial charge in [-0.05, 0) is 59.2 Å². The number of aliphatic carboxylic acids is 2. The largest absolute Gasteiger partial charge is 0.504 e. The van der Waals surface area contributed by atoms with E-state index in [1.807, 2.05) is 0 Å². The number of esters is 1. The first-order valence-electron chi connectivity index (χ1n) is 11.0. The van der Waals surface area contributed by atoms with E-state index < -0.39 is 69.6 Å². The standard InChI is InChI=1S/C27H22O12.CH4.H2/c28-17-5-1-13(10-20(17)31)9-16(26(35)36)24-15(3-7-19(30)25(24)34)4-8-23(33)39-22(27(37)38)12-14-2-6-18(29)21(32)11-14;;/h1-11,22,28-32,34H,12H2,(H,35,36)(H,37,38);1H4;1H/b8-4+,16-9+;;. The lowest BCUT2D eigenvalue weighted by atomic mass is 9.95. The van der Waals surface area contributed by atoms with Gasteiger partial charge in [0.25, 0.3) is 0 Å². The van der Waals surface area contributed by atoms with Gasteiger partial charge in [-0.2, -0.15) is 0 Å². The number of phenols is 6. The third kappa shape index (κ3) is 7.22. The molecule has 12 heteroatoms. The predicted octanol–water partition coefficient (Wildman–Crippen LogP) is 3.68. The first-order chi connectivity index (χ1) is 18.4. The molecule has 3 rings (SSSR count). The molecule has 0 spiro atoms. The van der Waals surface area contributed by atoms with Gasteiger partial charge in [0.2, 0.25) is 6.10 Å². The highest BCUT2D eigenvalue weighted by Gasteiger charge is 2.24. The van der Waals surface area contributed by atoms with Gasteiger partial charge >= 0.3 is 17.9 Å². The molecule has 0 heterocycles. The quantitative estimate of drug-likeness (QED) is 0.0818. The smallest absolute Gasteiger partial charge is 0.345 e. The fraction of sp³-hybridized carbons (Fsp3) is 0.107. The fourth-order valence-electron chi connectivity index (χ4n) is 3.48. The summed E-state index contributed by atoms with van der Waals surface area (Å²) in [7, 11) is 0. The lowest BCUT2D eigenvalue weighted by molar-refractivity contribution is -0.160. The first-order valence-corrected chi connectivity index (χ1v) is 11.0. The van der Waals surface area contributed by atoms with Gasteiger partial charge in [-0.25, -0.2) is 14.4 Å². The Labute approximate surface area is 228 Å². The summed E-state index contributed by atoms with van der Waals surface area (Å²) in [4.78, 5) is 36.1. The normalized spacial score (nSPS) is 11.9. The number of benzene rings is 3. The van der Waals surface area contributed by atoms with Gasteiger partial charge in [0, 0.05) is 19.5 Å². The number of rotatable bonds is 9. The van der Waals surface area contributed by atoms with E-state index >= 15 is 0 Å². The molecule has 0 saturated carbocycles. The number of aromatic hydroxyl groups is 6. The fourth-order valence-corrected chi connectivity index (χ4v) is 3.48. The number of carbonyl (C=O) groups excluding carboxylic acids is 1. The molecule has 3 aromatic carbocycles. The maximum atomic E-state index is 12.4. The van der Waals surface area contributed by atoms with Crippen LogP contribution in [0.4, 0.5) is 0 Å². The van der Waals surface area contributed by atoms with Crippen LogP contribution in [-0.2, 0) is 25.5 Å². The zero-order chi connectivity index (χ0) is 28.9. The number of phenolic OH excluding ortho intramolecular Hbond substituents is 6. The molecule has 1 atom stereocenters. The Balaban J connectivity index is 0.00000420. The molecule has 0 bridgehead atoms. The second kappa shape index (κ2) is 12.7. The van der Waals surface area contributed by atoms with Crippen molar-refractivity contribution in [2.24, 2.45) is 0 Å². The third-order valence-corrected chi connectivity index (χ3v) is 5.39. The maximum absolute atomic E-state index is 12.4. The van der Waals surface area contributed by atoms with Gasteiger partial charge in [-0.3, -0.25) is 0 Å². The second-order valence-corrected chi connectivity index (χ2v) is 8.13. The van der Waals surface area contributed by atoms with E-state index in [0.29, 0.717) is 0 Å². The van der Waals surface area contributed by atoms with Crippen LogP contribution in [0.25, 0.3) is 17.7 Å². The van der Waals surface area contributed by atoms with Gasteiger partial charge < -0.3 is 45.6 Å². The van der Waals surface area contributed by atoms with Crippen LogP contribution in [-0.4, -0.2) is 64.9 Å². The molecular weight excluding hydrogens is 528 g/mol. The van der Waals surface area contributed by atoms with Gasteiger partial charge in [0.1, 0.15) is 0 Å². The van der Waals surface area contributed by atoms with Crippen LogP contribution in [0, 0.1) is 0 Å². The molecule has 0 aliphatic carbocycles. The highest BCUT2D eigenvalue weighted by atomic mass is 16.6. The first kappa shape index (κ1) is 30.6. The van der Waals surface area contributed by atoms with Crippen LogP contribution < -0.4 is 0 Å². The van der Waals surface area contributed by atoms with E-state index in [9.17, 15) is 55.2 Å². The van der Waals surface area contributed by atoms with Gasteiger partial charge in [0.15, 0.2) is 34.5 Å². The van der Waals surface area contributed by atoms with Crippen molar-refractivity contribution < 1.29 is 61.4 Å². The Hall–Kier alpha value is -5.65. The van der Waals surface area contributed by atoms with Crippen molar-refractivity contribution in [2.75, 3.05) is 0 Å². The monoisotopic (exact) mass is 556 g/mol. The van der Waals surface area contributed by atoms with Crippen LogP contribution in [0.1, 0.15) is 31.1 Å². The van der Waals surface area contributed by atoms with E-state index in [1.165, 1.54) is 18.2 Å². The van der Waals surface area contributed by atoms with Crippen molar-refractivity contribution >= 4 is 35.6 Å². The molecule has 0 fully saturated rings. The molecule has 0 radical (unpaired) electrons. The minimum atomic E-state index is -1.68. The molecular formula is C28H28O12. The molecule has 8 N–H and O–H groups in total.